The van der Waals surface area contributed by atoms with Crippen molar-refractivity contribution in [2.24, 2.45) is 7.05 Å². The molecule has 0 saturated carbocycles. The van der Waals surface area contributed by atoms with E-state index in [1.165, 1.54) is 16.9 Å². The minimum Gasteiger partial charge on any atom is -0.369 e. The Bertz CT molecular complexity index is 742. The Morgan fingerprint density at radius 3 is 2.88 bits per heavy atom. The van der Waals surface area contributed by atoms with Crippen molar-refractivity contribution < 1.29 is 4.79 Å². The van der Waals surface area contributed by atoms with Gasteiger partial charge in [-0.3, -0.25) is 4.68 Å². The fourth-order valence-corrected chi connectivity index (χ4v) is 3.99. The molecule has 1 aromatic heterocycles. The molecule has 0 radical (unpaired) electrons. The van der Waals surface area contributed by atoms with Crippen molar-refractivity contribution in [2.75, 3.05) is 18.0 Å². The Hall–Kier alpha value is -2.50. The number of nitrogens with zero attached hydrogens (tertiary/aromatic N) is 3. The lowest BCUT2D eigenvalue weighted by Crippen LogP contribution is -2.45. The zero-order valence-corrected chi connectivity index (χ0v) is 14.6. The normalized spacial score (nSPS) is 22.5. The van der Waals surface area contributed by atoms with E-state index in [1.54, 1.807) is 0 Å². The fraction of sp³-hybridized carbons (Fsp3) is 0.474. The van der Waals surface area contributed by atoms with Crippen LogP contribution in [0.5, 0.6) is 0 Å². The van der Waals surface area contributed by atoms with Gasteiger partial charge in [-0.2, -0.15) is 5.10 Å². The number of hydrogen-bond donors (Lipinski definition) is 2. The van der Waals surface area contributed by atoms with Gasteiger partial charge in [0, 0.05) is 43.1 Å². The molecular formula is C19H25N5O. The van der Waals surface area contributed by atoms with E-state index >= 15 is 0 Å². The van der Waals surface area contributed by atoms with Gasteiger partial charge in [-0.1, -0.05) is 18.2 Å². The van der Waals surface area contributed by atoms with Crippen LogP contribution in [0.25, 0.3) is 0 Å². The highest BCUT2D eigenvalue weighted by Gasteiger charge is 2.27. The molecule has 6 nitrogen and oxygen atoms in total. The number of para-hydroxylation sites is 1. The predicted octanol–water partition coefficient (Wildman–Crippen LogP) is 2.38. The fourth-order valence-electron chi connectivity index (χ4n) is 3.99. The van der Waals surface area contributed by atoms with E-state index < -0.39 is 0 Å². The van der Waals surface area contributed by atoms with Crippen LogP contribution in [0.15, 0.2) is 36.5 Å². The van der Waals surface area contributed by atoms with Crippen molar-refractivity contribution in [3.05, 3.63) is 47.8 Å². The first-order valence-electron chi connectivity index (χ1n) is 9.08. The van der Waals surface area contributed by atoms with Crippen LogP contribution in [-0.4, -0.2) is 34.9 Å². The van der Waals surface area contributed by atoms with Gasteiger partial charge in [-0.05, 0) is 37.8 Å². The van der Waals surface area contributed by atoms with Crippen LogP contribution < -0.4 is 15.5 Å². The first kappa shape index (κ1) is 16.0. The Morgan fingerprint density at radius 1 is 1.20 bits per heavy atom. The highest BCUT2D eigenvalue weighted by atomic mass is 16.2. The van der Waals surface area contributed by atoms with Gasteiger partial charge in [0.05, 0.1) is 12.2 Å². The third-order valence-electron chi connectivity index (χ3n) is 5.33. The smallest absolute Gasteiger partial charge is 0.315 e. The molecule has 1 fully saturated rings. The summed E-state index contributed by atoms with van der Waals surface area (Å²) in [5, 5.41) is 10.6. The summed E-state index contributed by atoms with van der Waals surface area (Å²) in [6.07, 6.45) is 5.98. The van der Waals surface area contributed by atoms with Crippen molar-refractivity contribution in [3.8, 4) is 0 Å². The minimum atomic E-state index is -0.0679. The van der Waals surface area contributed by atoms with Crippen LogP contribution in [-0.2, 0) is 13.5 Å². The van der Waals surface area contributed by atoms with Crippen LogP contribution in [0, 0.1) is 0 Å². The summed E-state index contributed by atoms with van der Waals surface area (Å²) in [5.74, 6) is 0. The lowest BCUT2D eigenvalue weighted by Gasteiger charge is -2.25. The molecule has 2 aromatic rings. The lowest BCUT2D eigenvalue weighted by molar-refractivity contribution is 0.232. The minimum absolute atomic E-state index is 0.0679. The third-order valence-corrected chi connectivity index (χ3v) is 5.33. The quantitative estimate of drug-likeness (QED) is 0.902. The van der Waals surface area contributed by atoms with E-state index in [4.69, 9.17) is 0 Å². The van der Waals surface area contributed by atoms with Crippen molar-refractivity contribution >= 4 is 11.7 Å². The first-order valence-corrected chi connectivity index (χ1v) is 9.08. The molecule has 1 saturated heterocycles. The molecule has 132 valence electrons. The number of urea groups is 1. The number of nitrogens with one attached hydrogen (secondary N) is 2. The molecule has 2 amide bonds. The summed E-state index contributed by atoms with van der Waals surface area (Å²) in [6.45, 7) is 1.84. The number of benzene rings is 1. The maximum absolute atomic E-state index is 12.5. The number of aryl methyl sites for hydroxylation is 1. The zero-order chi connectivity index (χ0) is 17.2. The van der Waals surface area contributed by atoms with Crippen LogP contribution in [0.3, 0.4) is 0 Å². The van der Waals surface area contributed by atoms with E-state index in [9.17, 15) is 4.79 Å². The SMILES string of the molecule is Cn1ncc2c1CCC[C@@H]2NC(=O)N[C@H]1CCN(c2ccccc2)C1. The Labute approximate surface area is 148 Å². The second kappa shape index (κ2) is 6.78. The van der Waals surface area contributed by atoms with Gasteiger partial charge in [-0.25, -0.2) is 4.79 Å². The molecular weight excluding hydrogens is 314 g/mol. The molecule has 25 heavy (non-hydrogen) atoms. The molecule has 6 heteroatoms. The second-order valence-corrected chi connectivity index (χ2v) is 7.00. The van der Waals surface area contributed by atoms with Crippen LogP contribution >= 0.6 is 0 Å². The van der Waals surface area contributed by atoms with E-state index in [0.29, 0.717) is 0 Å². The van der Waals surface area contributed by atoms with E-state index in [1.807, 2.05) is 24.0 Å². The maximum atomic E-state index is 12.5. The summed E-state index contributed by atoms with van der Waals surface area (Å²) in [4.78, 5) is 14.8. The molecule has 0 unspecified atom stereocenters. The van der Waals surface area contributed by atoms with Gasteiger partial charge < -0.3 is 15.5 Å². The molecule has 0 spiro atoms. The van der Waals surface area contributed by atoms with Crippen LogP contribution in [0.1, 0.15) is 36.6 Å². The Balaban J connectivity index is 1.33. The number of amides is 2. The van der Waals surface area contributed by atoms with Crippen LogP contribution in [0.4, 0.5) is 10.5 Å². The summed E-state index contributed by atoms with van der Waals surface area (Å²) in [6, 6.07) is 10.6. The van der Waals surface area contributed by atoms with Gasteiger partial charge in [0.25, 0.3) is 0 Å². The molecule has 1 aromatic carbocycles. The number of anilines is 1. The molecule has 0 bridgehead atoms. The molecule has 2 atom stereocenters. The Morgan fingerprint density at radius 2 is 2.04 bits per heavy atom. The second-order valence-electron chi connectivity index (χ2n) is 7.00. The van der Waals surface area contributed by atoms with E-state index in [2.05, 4.69) is 44.9 Å². The average Bonchev–Trinajstić information content (AvgIpc) is 3.24. The van der Waals surface area contributed by atoms with Crippen molar-refractivity contribution in [3.63, 3.8) is 0 Å². The van der Waals surface area contributed by atoms with Crippen molar-refractivity contribution in [1.29, 1.82) is 0 Å². The van der Waals surface area contributed by atoms with Gasteiger partial charge in [0.2, 0.25) is 0 Å². The van der Waals surface area contributed by atoms with Gasteiger partial charge >= 0.3 is 6.03 Å². The monoisotopic (exact) mass is 339 g/mol. The van der Waals surface area contributed by atoms with Crippen LogP contribution in [0.2, 0.25) is 0 Å². The topological polar surface area (TPSA) is 62.2 Å². The highest BCUT2D eigenvalue weighted by Crippen LogP contribution is 2.29. The van der Waals surface area contributed by atoms with Gasteiger partial charge in [-0.15, -0.1) is 0 Å². The van der Waals surface area contributed by atoms with Crippen molar-refractivity contribution in [1.82, 2.24) is 20.4 Å². The third kappa shape index (κ3) is 3.34. The molecule has 2 heterocycles. The summed E-state index contributed by atoms with van der Waals surface area (Å²) in [7, 11) is 1.97. The largest absolute Gasteiger partial charge is 0.369 e. The highest BCUT2D eigenvalue weighted by molar-refractivity contribution is 5.75. The molecule has 1 aliphatic heterocycles. The summed E-state index contributed by atoms with van der Waals surface area (Å²) in [5.41, 5.74) is 3.63. The Kier molecular flexibility index (Phi) is 4.34. The summed E-state index contributed by atoms with van der Waals surface area (Å²) >= 11 is 0. The molecule has 1 aliphatic carbocycles. The molecule has 2 aliphatic rings. The number of fused-ring (bicyclic) bond motifs is 1. The standard InChI is InChI=1S/C19H25N5O/c1-23-18-9-5-8-17(16(18)12-20-23)22-19(25)21-14-10-11-24(13-14)15-6-3-2-4-7-15/h2-4,6-7,12,14,17H,5,8-11,13H2,1H3,(H2,21,22,25)/t14-,17-/m0/s1. The number of hydrogen-bond acceptors (Lipinski definition) is 3. The molecule has 2 N–H and O–H groups in total. The zero-order valence-electron chi connectivity index (χ0n) is 14.6. The van der Waals surface area contributed by atoms with E-state index in [0.717, 1.165) is 38.8 Å². The first-order chi connectivity index (χ1) is 12.2. The molecule has 4 rings (SSSR count). The number of aromatic nitrogens is 2. The maximum Gasteiger partial charge on any atom is 0.315 e. The summed E-state index contributed by atoms with van der Waals surface area (Å²) < 4.78 is 1.93. The van der Waals surface area contributed by atoms with Crippen molar-refractivity contribution in [2.45, 2.75) is 37.8 Å². The van der Waals surface area contributed by atoms with Gasteiger partial charge in [0.15, 0.2) is 0 Å². The predicted molar refractivity (Wildman–Crippen MR) is 97.6 cm³/mol. The number of carbonyl (C=O) groups is 1. The number of rotatable bonds is 3. The lowest BCUT2D eigenvalue weighted by atomic mass is 9.93. The number of carbonyl (C=O) groups excluding carboxylic acids is 1. The average molecular weight is 339 g/mol. The van der Waals surface area contributed by atoms with E-state index in [-0.39, 0.29) is 18.1 Å². The van der Waals surface area contributed by atoms with Gasteiger partial charge in [0.1, 0.15) is 0 Å².